The summed E-state index contributed by atoms with van der Waals surface area (Å²) in [4.78, 5) is 11.6. The van der Waals surface area contributed by atoms with Crippen LogP contribution in [0.4, 0.5) is 5.82 Å². The van der Waals surface area contributed by atoms with E-state index in [4.69, 9.17) is 22.6 Å². The van der Waals surface area contributed by atoms with Crippen molar-refractivity contribution in [2.75, 3.05) is 5.73 Å². The summed E-state index contributed by atoms with van der Waals surface area (Å²) < 4.78 is 1.22. The van der Waals surface area contributed by atoms with Gasteiger partial charge in [0.15, 0.2) is 0 Å². The first kappa shape index (κ1) is 12.1. The van der Waals surface area contributed by atoms with Crippen molar-refractivity contribution in [3.63, 3.8) is 0 Å². The van der Waals surface area contributed by atoms with Crippen LogP contribution < -0.4 is 11.3 Å². The molecule has 5 nitrogen and oxygen atoms in total. The summed E-state index contributed by atoms with van der Waals surface area (Å²) in [6.07, 6.45) is 0. The third-order valence-corrected chi connectivity index (χ3v) is 2.74. The molecule has 0 aliphatic heterocycles. The second-order valence-corrected chi connectivity index (χ2v) is 4.08. The van der Waals surface area contributed by atoms with Crippen molar-refractivity contribution < 1.29 is 0 Å². The number of nitriles is 1. The molecule has 0 radical (unpaired) electrons. The van der Waals surface area contributed by atoms with E-state index < -0.39 is 0 Å². The van der Waals surface area contributed by atoms with E-state index in [1.165, 1.54) is 16.8 Å². The number of halogens is 1. The lowest BCUT2D eigenvalue weighted by atomic mass is 10.1. The van der Waals surface area contributed by atoms with Crippen LogP contribution in [0.3, 0.4) is 0 Å². The number of hydrogen-bond acceptors (Lipinski definition) is 4. The molecule has 0 saturated carbocycles. The zero-order chi connectivity index (χ0) is 13.1. The molecule has 18 heavy (non-hydrogen) atoms. The summed E-state index contributed by atoms with van der Waals surface area (Å²) >= 11 is 6.02. The van der Waals surface area contributed by atoms with Gasteiger partial charge in [-0.25, -0.2) is 4.68 Å². The first-order valence-electron chi connectivity index (χ1n) is 5.12. The van der Waals surface area contributed by atoms with Gasteiger partial charge < -0.3 is 5.73 Å². The first-order chi connectivity index (χ1) is 8.60. The Labute approximate surface area is 108 Å². The SMILES string of the molecule is N#Cc1ccc(Cn2nc(N)ccc2=O)c(Cl)c1. The minimum atomic E-state index is -0.260. The lowest BCUT2D eigenvalue weighted by Gasteiger charge is -2.07. The number of nitrogens with two attached hydrogens (primary N) is 1. The van der Waals surface area contributed by atoms with Crippen LogP contribution in [0.1, 0.15) is 11.1 Å². The smallest absolute Gasteiger partial charge is 0.267 e. The lowest BCUT2D eigenvalue weighted by Crippen LogP contribution is -2.23. The van der Waals surface area contributed by atoms with Crippen molar-refractivity contribution in [2.45, 2.75) is 6.54 Å². The minimum absolute atomic E-state index is 0.217. The van der Waals surface area contributed by atoms with Crippen molar-refractivity contribution in [1.29, 1.82) is 5.26 Å². The van der Waals surface area contributed by atoms with Crippen LogP contribution in [-0.4, -0.2) is 9.78 Å². The molecule has 0 saturated heterocycles. The van der Waals surface area contributed by atoms with Gasteiger partial charge in [-0.05, 0) is 23.8 Å². The maximum atomic E-state index is 11.6. The molecule has 2 N–H and O–H groups in total. The minimum Gasteiger partial charge on any atom is -0.382 e. The lowest BCUT2D eigenvalue weighted by molar-refractivity contribution is 0.644. The van der Waals surface area contributed by atoms with Gasteiger partial charge in [-0.1, -0.05) is 17.7 Å². The molecule has 0 fully saturated rings. The highest BCUT2D eigenvalue weighted by Crippen LogP contribution is 2.18. The molecule has 1 aromatic carbocycles. The van der Waals surface area contributed by atoms with Crippen molar-refractivity contribution in [2.24, 2.45) is 0 Å². The molecule has 0 unspecified atom stereocenters. The van der Waals surface area contributed by atoms with Crippen molar-refractivity contribution in [3.05, 3.63) is 56.8 Å². The second kappa shape index (κ2) is 4.90. The van der Waals surface area contributed by atoms with Crippen LogP contribution >= 0.6 is 11.6 Å². The second-order valence-electron chi connectivity index (χ2n) is 3.67. The predicted molar refractivity (Wildman–Crippen MR) is 68.2 cm³/mol. The van der Waals surface area contributed by atoms with Gasteiger partial charge >= 0.3 is 0 Å². The van der Waals surface area contributed by atoms with Crippen LogP contribution in [0.15, 0.2) is 35.1 Å². The van der Waals surface area contributed by atoms with E-state index >= 15 is 0 Å². The standard InChI is InChI=1S/C12H9ClN4O/c13-10-5-8(6-14)1-2-9(10)7-17-12(18)4-3-11(15)16-17/h1-5H,7H2,(H2,15,16). The summed E-state index contributed by atoms with van der Waals surface area (Å²) in [5.74, 6) is 0.263. The fourth-order valence-corrected chi connectivity index (χ4v) is 1.72. The van der Waals surface area contributed by atoms with Crippen molar-refractivity contribution >= 4 is 17.4 Å². The third kappa shape index (κ3) is 2.50. The van der Waals surface area contributed by atoms with Crippen LogP contribution in [0, 0.1) is 11.3 Å². The maximum Gasteiger partial charge on any atom is 0.267 e. The van der Waals surface area contributed by atoms with Crippen molar-refractivity contribution in [1.82, 2.24) is 9.78 Å². The fourth-order valence-electron chi connectivity index (χ4n) is 1.48. The molecule has 6 heteroatoms. The van der Waals surface area contributed by atoms with E-state index in [1.54, 1.807) is 18.2 Å². The number of nitrogen functional groups attached to an aromatic ring is 1. The van der Waals surface area contributed by atoms with E-state index in [1.807, 2.05) is 6.07 Å². The Morgan fingerprint density at radius 1 is 1.39 bits per heavy atom. The molecular weight excluding hydrogens is 252 g/mol. The molecular formula is C12H9ClN4O. The summed E-state index contributed by atoms with van der Waals surface area (Å²) in [7, 11) is 0. The predicted octanol–water partition coefficient (Wildman–Crippen LogP) is 1.40. The monoisotopic (exact) mass is 260 g/mol. The number of anilines is 1. The number of aromatic nitrogens is 2. The Balaban J connectivity index is 2.38. The normalized spacial score (nSPS) is 10.0. The van der Waals surface area contributed by atoms with E-state index in [0.717, 1.165) is 0 Å². The molecule has 0 aliphatic rings. The topological polar surface area (TPSA) is 84.7 Å². The molecule has 2 rings (SSSR count). The van der Waals surface area contributed by atoms with Crippen LogP contribution in [0.2, 0.25) is 5.02 Å². The number of rotatable bonds is 2. The molecule has 0 bridgehead atoms. The van der Waals surface area contributed by atoms with E-state index in [9.17, 15) is 4.79 Å². The van der Waals surface area contributed by atoms with E-state index in [0.29, 0.717) is 16.1 Å². The van der Waals surface area contributed by atoms with Gasteiger partial charge in [-0.2, -0.15) is 10.4 Å². The average molecular weight is 261 g/mol. The summed E-state index contributed by atoms with van der Waals surface area (Å²) in [6.45, 7) is 0.217. The highest BCUT2D eigenvalue weighted by atomic mass is 35.5. The van der Waals surface area contributed by atoms with E-state index in [2.05, 4.69) is 5.10 Å². The Morgan fingerprint density at radius 3 is 2.83 bits per heavy atom. The third-order valence-electron chi connectivity index (χ3n) is 2.39. The highest BCUT2D eigenvalue weighted by molar-refractivity contribution is 6.31. The Bertz CT molecular complexity index is 687. The number of nitrogens with zero attached hydrogens (tertiary/aromatic N) is 3. The molecule has 1 aromatic heterocycles. The summed E-state index contributed by atoms with van der Waals surface area (Å²) in [5, 5.41) is 13.1. The van der Waals surface area contributed by atoms with Gasteiger partial charge in [0.1, 0.15) is 5.82 Å². The number of hydrogen-bond donors (Lipinski definition) is 1. The Kier molecular flexibility index (Phi) is 3.31. The maximum absolute atomic E-state index is 11.6. The molecule has 2 aromatic rings. The van der Waals surface area contributed by atoms with Crippen LogP contribution in [0.25, 0.3) is 0 Å². The van der Waals surface area contributed by atoms with E-state index in [-0.39, 0.29) is 17.9 Å². The van der Waals surface area contributed by atoms with Crippen LogP contribution in [0.5, 0.6) is 0 Å². The van der Waals surface area contributed by atoms with Gasteiger partial charge in [0.2, 0.25) is 0 Å². The average Bonchev–Trinajstić information content (AvgIpc) is 2.36. The fraction of sp³-hybridized carbons (Fsp3) is 0.0833. The zero-order valence-corrected chi connectivity index (χ0v) is 10.1. The van der Waals surface area contributed by atoms with Gasteiger partial charge in [0, 0.05) is 11.1 Å². The quantitative estimate of drug-likeness (QED) is 0.884. The molecule has 1 heterocycles. The van der Waals surface area contributed by atoms with Gasteiger partial charge in [0.05, 0.1) is 18.2 Å². The van der Waals surface area contributed by atoms with Crippen LogP contribution in [-0.2, 0) is 6.54 Å². The molecule has 0 aliphatic carbocycles. The summed E-state index contributed by atoms with van der Waals surface area (Å²) in [6, 6.07) is 9.66. The van der Waals surface area contributed by atoms with Crippen molar-refractivity contribution in [3.8, 4) is 6.07 Å². The Morgan fingerprint density at radius 2 is 2.17 bits per heavy atom. The first-order valence-corrected chi connectivity index (χ1v) is 5.50. The molecule has 90 valence electrons. The molecule has 0 spiro atoms. The van der Waals surface area contributed by atoms with Gasteiger partial charge in [0.25, 0.3) is 5.56 Å². The Hall–Kier alpha value is -2.32. The number of benzene rings is 1. The zero-order valence-electron chi connectivity index (χ0n) is 9.30. The molecule has 0 atom stereocenters. The largest absolute Gasteiger partial charge is 0.382 e. The summed E-state index contributed by atoms with van der Waals surface area (Å²) in [5.41, 5.74) is 6.43. The molecule has 0 amide bonds. The van der Waals surface area contributed by atoms with Gasteiger partial charge in [-0.3, -0.25) is 4.79 Å². The van der Waals surface area contributed by atoms with Gasteiger partial charge in [-0.15, -0.1) is 0 Å². The highest BCUT2D eigenvalue weighted by Gasteiger charge is 2.05.